The van der Waals surface area contributed by atoms with Crippen molar-refractivity contribution in [2.45, 2.75) is 6.04 Å². The van der Waals surface area contributed by atoms with Gasteiger partial charge in [0.05, 0.1) is 0 Å². The van der Waals surface area contributed by atoms with Gasteiger partial charge in [-0.15, -0.1) is 0 Å². The largest absolute Gasteiger partial charge is 0.370 e. The van der Waals surface area contributed by atoms with Gasteiger partial charge in [-0.05, 0) is 42.5 Å². The average Bonchev–Trinajstić information content (AvgIpc) is 2.64. The maximum Gasteiger partial charge on any atom is 0.194 e. The Morgan fingerprint density at radius 1 is 1.03 bits per heavy atom. The van der Waals surface area contributed by atoms with Gasteiger partial charge in [-0.25, -0.2) is 22.6 Å². The van der Waals surface area contributed by atoms with Gasteiger partial charge in [0.1, 0.15) is 29.3 Å². The second kappa shape index (κ2) is 7.36. The molecule has 2 aromatic carbocycles. The third-order valence-corrected chi connectivity index (χ3v) is 4.92. The minimum Gasteiger partial charge on any atom is -0.370 e. The molecule has 0 aliphatic carbocycles. The normalized spacial score (nSPS) is 21.1. The summed E-state index contributed by atoms with van der Waals surface area (Å²) in [6.45, 7) is 0.929. The van der Waals surface area contributed by atoms with E-state index >= 15 is 0 Å². The van der Waals surface area contributed by atoms with E-state index in [4.69, 9.17) is 5.73 Å². The molecule has 0 saturated heterocycles. The Morgan fingerprint density at radius 2 is 1.72 bits per heavy atom. The molecular weight excluding hydrogens is 384 g/mol. The Labute approximate surface area is 165 Å². The van der Waals surface area contributed by atoms with Gasteiger partial charge in [0, 0.05) is 42.0 Å². The highest BCUT2D eigenvalue weighted by Crippen LogP contribution is 2.37. The fraction of sp³-hybridized carbons (Fsp3) is 0.190. The minimum absolute atomic E-state index is 0.0764. The summed E-state index contributed by atoms with van der Waals surface area (Å²) in [5.41, 5.74) is 8.40. The lowest BCUT2D eigenvalue weighted by Gasteiger charge is -2.36. The molecule has 0 bridgehead atoms. The van der Waals surface area contributed by atoms with Crippen LogP contribution in [0.2, 0.25) is 0 Å². The molecule has 0 spiro atoms. The Morgan fingerprint density at radius 3 is 2.41 bits per heavy atom. The number of nitrogens with two attached hydrogens (primary N) is 1. The van der Waals surface area contributed by atoms with E-state index in [1.54, 1.807) is 6.08 Å². The number of halogens is 4. The van der Waals surface area contributed by atoms with Crippen molar-refractivity contribution in [3.63, 3.8) is 0 Å². The average molecular weight is 402 g/mol. The van der Waals surface area contributed by atoms with Crippen molar-refractivity contribution in [3.05, 3.63) is 87.6 Å². The topological polar surface area (TPSA) is 53.6 Å². The number of benzene rings is 2. The van der Waals surface area contributed by atoms with Gasteiger partial charge < -0.3 is 11.1 Å². The quantitative estimate of drug-likeness (QED) is 0.757. The molecule has 4 rings (SSSR count). The molecule has 150 valence electrons. The fourth-order valence-electron chi connectivity index (χ4n) is 3.67. The molecule has 2 aliphatic rings. The van der Waals surface area contributed by atoms with E-state index in [0.717, 1.165) is 17.7 Å². The highest BCUT2D eigenvalue weighted by molar-refractivity contribution is 5.84. The molecule has 4 nitrogen and oxygen atoms in total. The molecule has 0 amide bonds. The van der Waals surface area contributed by atoms with E-state index < -0.39 is 29.3 Å². The van der Waals surface area contributed by atoms with Gasteiger partial charge in [-0.2, -0.15) is 0 Å². The van der Waals surface area contributed by atoms with Crippen LogP contribution in [-0.2, 0) is 0 Å². The summed E-state index contributed by atoms with van der Waals surface area (Å²) >= 11 is 0. The SMILES string of the molecule is CN1CC2=C(NC(N)=NC2c2ccc(F)cc2F)/C(=C/c2ccc(F)cc2F)C1. The molecule has 2 aromatic rings. The van der Waals surface area contributed by atoms with Gasteiger partial charge >= 0.3 is 0 Å². The molecular formula is C21H18F4N4. The molecule has 8 heteroatoms. The monoisotopic (exact) mass is 402 g/mol. The molecule has 29 heavy (non-hydrogen) atoms. The lowest BCUT2D eigenvalue weighted by molar-refractivity contribution is 0.367. The molecule has 2 heterocycles. The zero-order valence-electron chi connectivity index (χ0n) is 15.5. The van der Waals surface area contributed by atoms with Crippen LogP contribution in [0.25, 0.3) is 6.08 Å². The second-order valence-electron chi connectivity index (χ2n) is 7.12. The number of guanidine groups is 1. The molecule has 0 fully saturated rings. The predicted octanol–water partition coefficient (Wildman–Crippen LogP) is 3.49. The first-order valence-corrected chi connectivity index (χ1v) is 8.94. The summed E-state index contributed by atoms with van der Waals surface area (Å²) in [5.74, 6) is -2.67. The van der Waals surface area contributed by atoms with Crippen LogP contribution >= 0.6 is 0 Å². The molecule has 0 aromatic heterocycles. The number of aliphatic imine (C=N–C) groups is 1. The highest BCUT2D eigenvalue weighted by Gasteiger charge is 2.32. The summed E-state index contributed by atoms with van der Waals surface area (Å²) in [6, 6.07) is 5.93. The van der Waals surface area contributed by atoms with Crippen molar-refractivity contribution >= 4 is 12.0 Å². The van der Waals surface area contributed by atoms with E-state index in [2.05, 4.69) is 10.3 Å². The van der Waals surface area contributed by atoms with Gasteiger partial charge in [0.25, 0.3) is 0 Å². The second-order valence-corrected chi connectivity index (χ2v) is 7.12. The first-order chi connectivity index (χ1) is 13.8. The van der Waals surface area contributed by atoms with Crippen molar-refractivity contribution in [3.8, 4) is 0 Å². The smallest absolute Gasteiger partial charge is 0.194 e. The maximum atomic E-state index is 14.4. The van der Waals surface area contributed by atoms with Crippen molar-refractivity contribution in [2.75, 3.05) is 20.1 Å². The summed E-state index contributed by atoms with van der Waals surface area (Å²) in [6.07, 6.45) is 1.60. The van der Waals surface area contributed by atoms with Gasteiger partial charge in [0.2, 0.25) is 0 Å². The van der Waals surface area contributed by atoms with Crippen molar-refractivity contribution in [1.82, 2.24) is 10.2 Å². The fourth-order valence-corrected chi connectivity index (χ4v) is 3.67. The molecule has 1 unspecified atom stereocenters. The number of rotatable bonds is 2. The predicted molar refractivity (Wildman–Crippen MR) is 103 cm³/mol. The van der Waals surface area contributed by atoms with Crippen LogP contribution in [0.1, 0.15) is 17.2 Å². The summed E-state index contributed by atoms with van der Waals surface area (Å²) in [7, 11) is 1.86. The van der Waals surface area contributed by atoms with Crippen LogP contribution in [0.5, 0.6) is 0 Å². The van der Waals surface area contributed by atoms with E-state index in [1.165, 1.54) is 24.3 Å². The van der Waals surface area contributed by atoms with Crippen LogP contribution in [0, 0.1) is 23.3 Å². The van der Waals surface area contributed by atoms with E-state index in [0.29, 0.717) is 24.4 Å². The number of hydrogen-bond donors (Lipinski definition) is 2. The molecule has 0 saturated carbocycles. The van der Waals surface area contributed by atoms with E-state index in [1.807, 2.05) is 11.9 Å². The Kier molecular flexibility index (Phi) is 4.87. The zero-order chi connectivity index (χ0) is 20.7. The van der Waals surface area contributed by atoms with Gasteiger partial charge in [-0.1, -0.05) is 6.07 Å². The molecule has 3 N–H and O–H groups in total. The standard InChI is InChI=1S/C21H18F4N4/c1-29-9-12(6-11-2-3-13(22)7-17(11)24)19-16(10-29)20(28-21(26)27-19)15-5-4-14(23)8-18(15)25/h2-8,20H,9-10H2,1H3,(H3,26,27,28)/b12-6+. The van der Waals surface area contributed by atoms with Crippen LogP contribution in [0.3, 0.4) is 0 Å². The number of likely N-dealkylation sites (N-methyl/N-ethyl adjacent to an activating group) is 1. The van der Waals surface area contributed by atoms with Crippen molar-refractivity contribution < 1.29 is 17.6 Å². The van der Waals surface area contributed by atoms with Crippen LogP contribution in [0.15, 0.2) is 58.2 Å². The van der Waals surface area contributed by atoms with Gasteiger partial charge in [0.15, 0.2) is 5.96 Å². The van der Waals surface area contributed by atoms with E-state index in [-0.39, 0.29) is 17.1 Å². The first-order valence-electron chi connectivity index (χ1n) is 8.94. The highest BCUT2D eigenvalue weighted by atomic mass is 19.1. The maximum absolute atomic E-state index is 14.4. The summed E-state index contributed by atoms with van der Waals surface area (Å²) < 4.78 is 55.2. The Bertz CT molecular complexity index is 1070. The number of nitrogens with zero attached hydrogens (tertiary/aromatic N) is 2. The lowest BCUT2D eigenvalue weighted by Crippen LogP contribution is -2.43. The summed E-state index contributed by atoms with van der Waals surface area (Å²) in [4.78, 5) is 6.28. The van der Waals surface area contributed by atoms with Crippen LogP contribution in [0.4, 0.5) is 17.6 Å². The zero-order valence-corrected chi connectivity index (χ0v) is 15.5. The lowest BCUT2D eigenvalue weighted by atomic mass is 9.89. The van der Waals surface area contributed by atoms with Crippen LogP contribution < -0.4 is 11.1 Å². The number of nitrogens with one attached hydrogen (secondary N) is 1. The molecule has 0 radical (unpaired) electrons. The minimum atomic E-state index is -0.740. The summed E-state index contributed by atoms with van der Waals surface area (Å²) in [5, 5.41) is 2.99. The van der Waals surface area contributed by atoms with Crippen LogP contribution in [-0.4, -0.2) is 31.0 Å². The first kappa shape index (κ1) is 19.2. The third kappa shape index (κ3) is 3.75. The van der Waals surface area contributed by atoms with Gasteiger partial charge in [-0.3, -0.25) is 4.90 Å². The number of hydrogen-bond acceptors (Lipinski definition) is 4. The Hall–Kier alpha value is -3.13. The molecule has 1 atom stereocenters. The van der Waals surface area contributed by atoms with Crippen molar-refractivity contribution in [2.24, 2.45) is 10.7 Å². The van der Waals surface area contributed by atoms with E-state index in [9.17, 15) is 17.6 Å². The third-order valence-electron chi connectivity index (χ3n) is 4.92. The molecule has 2 aliphatic heterocycles. The Balaban J connectivity index is 1.83. The van der Waals surface area contributed by atoms with Crippen molar-refractivity contribution in [1.29, 1.82) is 0 Å².